The Bertz CT molecular complexity index is 290. The molecule has 1 nitrogen and oxygen atoms in total. The maximum atomic E-state index is 8.45. The molecule has 0 aliphatic carbocycles. The standard InChI is InChI=1S/C8H5Cl2N/c9-7-3-1-2-6(4-7)8(10)5-11/h1-4,8H/t8-/m1/s1. The van der Waals surface area contributed by atoms with E-state index >= 15 is 0 Å². The van der Waals surface area contributed by atoms with Crippen molar-refractivity contribution in [2.24, 2.45) is 0 Å². The number of halogens is 2. The second kappa shape index (κ2) is 3.61. The van der Waals surface area contributed by atoms with Crippen molar-refractivity contribution in [3.05, 3.63) is 34.9 Å². The molecular formula is C8H5Cl2N. The van der Waals surface area contributed by atoms with Crippen LogP contribution in [0.2, 0.25) is 5.02 Å². The lowest BCUT2D eigenvalue weighted by atomic mass is 10.2. The molecule has 11 heavy (non-hydrogen) atoms. The van der Waals surface area contributed by atoms with E-state index in [1.807, 2.05) is 6.07 Å². The lowest BCUT2D eigenvalue weighted by Gasteiger charge is -1.99. The van der Waals surface area contributed by atoms with Gasteiger partial charge < -0.3 is 0 Å². The summed E-state index contributed by atoms with van der Waals surface area (Å²) in [4.78, 5) is 0. The zero-order valence-corrected chi connectivity index (χ0v) is 7.10. The van der Waals surface area contributed by atoms with Gasteiger partial charge in [0, 0.05) is 5.02 Å². The first-order chi connectivity index (χ1) is 5.24. The van der Waals surface area contributed by atoms with Crippen molar-refractivity contribution in [1.29, 1.82) is 5.26 Å². The molecule has 0 aliphatic rings. The molecule has 1 aromatic carbocycles. The van der Waals surface area contributed by atoms with Gasteiger partial charge in [-0.3, -0.25) is 0 Å². The molecular weight excluding hydrogens is 181 g/mol. The quantitative estimate of drug-likeness (QED) is 0.618. The summed E-state index contributed by atoms with van der Waals surface area (Å²) in [5.74, 6) is 0. The summed E-state index contributed by atoms with van der Waals surface area (Å²) in [7, 11) is 0. The predicted octanol–water partition coefficient (Wildman–Crippen LogP) is 3.14. The van der Waals surface area contributed by atoms with Crippen molar-refractivity contribution < 1.29 is 0 Å². The van der Waals surface area contributed by atoms with Gasteiger partial charge in [0.25, 0.3) is 0 Å². The monoisotopic (exact) mass is 185 g/mol. The van der Waals surface area contributed by atoms with Crippen molar-refractivity contribution >= 4 is 23.2 Å². The maximum Gasteiger partial charge on any atom is 0.145 e. The highest BCUT2D eigenvalue weighted by atomic mass is 35.5. The molecule has 0 heterocycles. The molecule has 1 rings (SSSR count). The maximum absolute atomic E-state index is 8.45. The molecule has 0 saturated carbocycles. The van der Waals surface area contributed by atoms with Crippen molar-refractivity contribution in [3.8, 4) is 6.07 Å². The first-order valence-electron chi connectivity index (χ1n) is 3.03. The van der Waals surface area contributed by atoms with Gasteiger partial charge in [0.05, 0.1) is 6.07 Å². The van der Waals surface area contributed by atoms with Crippen LogP contribution in [0.15, 0.2) is 24.3 Å². The molecule has 0 saturated heterocycles. The summed E-state index contributed by atoms with van der Waals surface area (Å²) in [5, 5.41) is 8.45. The smallest absolute Gasteiger partial charge is 0.145 e. The fraction of sp³-hybridized carbons (Fsp3) is 0.125. The van der Waals surface area contributed by atoms with Crippen molar-refractivity contribution in [3.63, 3.8) is 0 Å². The van der Waals surface area contributed by atoms with Gasteiger partial charge >= 0.3 is 0 Å². The topological polar surface area (TPSA) is 23.8 Å². The van der Waals surface area contributed by atoms with Crippen LogP contribution < -0.4 is 0 Å². The van der Waals surface area contributed by atoms with Gasteiger partial charge in [-0.05, 0) is 17.7 Å². The van der Waals surface area contributed by atoms with E-state index in [9.17, 15) is 0 Å². The van der Waals surface area contributed by atoms with E-state index < -0.39 is 5.38 Å². The first kappa shape index (κ1) is 8.39. The third-order valence-electron chi connectivity index (χ3n) is 1.25. The minimum Gasteiger partial charge on any atom is -0.196 e. The van der Waals surface area contributed by atoms with Gasteiger partial charge in [0.15, 0.2) is 0 Å². The third kappa shape index (κ3) is 2.11. The number of nitriles is 1. The third-order valence-corrected chi connectivity index (χ3v) is 1.84. The fourth-order valence-electron chi connectivity index (χ4n) is 0.739. The van der Waals surface area contributed by atoms with Gasteiger partial charge in [0.1, 0.15) is 5.38 Å². The number of benzene rings is 1. The van der Waals surface area contributed by atoms with Gasteiger partial charge in [-0.2, -0.15) is 5.26 Å². The molecule has 0 N–H and O–H groups in total. The van der Waals surface area contributed by atoms with E-state index in [1.54, 1.807) is 24.3 Å². The molecule has 1 aromatic rings. The normalized spacial score (nSPS) is 12.1. The largest absolute Gasteiger partial charge is 0.196 e. The fourth-order valence-corrected chi connectivity index (χ4v) is 1.07. The van der Waals surface area contributed by atoms with Crippen LogP contribution in [0.25, 0.3) is 0 Å². The Morgan fingerprint density at radius 2 is 2.18 bits per heavy atom. The van der Waals surface area contributed by atoms with Gasteiger partial charge in [-0.1, -0.05) is 23.7 Å². The predicted molar refractivity (Wildman–Crippen MR) is 45.7 cm³/mol. The van der Waals surface area contributed by atoms with E-state index in [1.165, 1.54) is 0 Å². The van der Waals surface area contributed by atoms with Gasteiger partial charge in [-0.15, -0.1) is 11.6 Å². The highest BCUT2D eigenvalue weighted by molar-refractivity contribution is 6.30. The van der Waals surface area contributed by atoms with Crippen molar-refractivity contribution in [2.45, 2.75) is 5.38 Å². The van der Waals surface area contributed by atoms with E-state index in [4.69, 9.17) is 28.5 Å². The van der Waals surface area contributed by atoms with Crippen LogP contribution in [0.4, 0.5) is 0 Å². The molecule has 0 spiro atoms. The molecule has 0 bridgehead atoms. The molecule has 0 amide bonds. The lowest BCUT2D eigenvalue weighted by Crippen LogP contribution is -1.84. The first-order valence-corrected chi connectivity index (χ1v) is 3.84. The Kier molecular flexibility index (Phi) is 2.76. The summed E-state index contributed by atoms with van der Waals surface area (Å²) >= 11 is 11.3. The minimum atomic E-state index is -0.603. The summed E-state index contributed by atoms with van der Waals surface area (Å²) in [5.41, 5.74) is 0.738. The lowest BCUT2D eigenvalue weighted by molar-refractivity contribution is 1.21. The van der Waals surface area contributed by atoms with Crippen molar-refractivity contribution in [2.75, 3.05) is 0 Å². The summed E-state index contributed by atoms with van der Waals surface area (Å²) in [6.07, 6.45) is 0. The number of rotatable bonds is 1. The molecule has 0 unspecified atom stereocenters. The van der Waals surface area contributed by atoms with E-state index in [2.05, 4.69) is 0 Å². The van der Waals surface area contributed by atoms with Crippen LogP contribution in [0.3, 0.4) is 0 Å². The second-order valence-corrected chi connectivity index (χ2v) is 2.92. The Balaban J connectivity index is 2.98. The van der Waals surface area contributed by atoms with Crippen LogP contribution in [0.1, 0.15) is 10.9 Å². The van der Waals surface area contributed by atoms with Crippen molar-refractivity contribution in [1.82, 2.24) is 0 Å². The highest BCUT2D eigenvalue weighted by Crippen LogP contribution is 2.21. The molecule has 0 aromatic heterocycles. The zero-order valence-electron chi connectivity index (χ0n) is 5.59. The molecule has 0 fully saturated rings. The highest BCUT2D eigenvalue weighted by Gasteiger charge is 2.04. The number of hydrogen-bond acceptors (Lipinski definition) is 1. The summed E-state index contributed by atoms with van der Waals surface area (Å²) < 4.78 is 0. The summed E-state index contributed by atoms with van der Waals surface area (Å²) in [6.45, 7) is 0. The summed E-state index contributed by atoms with van der Waals surface area (Å²) in [6, 6.07) is 8.88. The number of alkyl halides is 1. The number of nitrogens with zero attached hydrogens (tertiary/aromatic N) is 1. The Hall–Kier alpha value is -0.710. The second-order valence-electron chi connectivity index (χ2n) is 2.05. The van der Waals surface area contributed by atoms with Gasteiger partial charge in [-0.25, -0.2) is 0 Å². The van der Waals surface area contributed by atoms with E-state index in [0.717, 1.165) is 5.56 Å². The van der Waals surface area contributed by atoms with Crippen LogP contribution in [-0.2, 0) is 0 Å². The van der Waals surface area contributed by atoms with Crippen LogP contribution >= 0.6 is 23.2 Å². The average molecular weight is 186 g/mol. The molecule has 3 heteroatoms. The van der Waals surface area contributed by atoms with E-state index in [-0.39, 0.29) is 0 Å². The molecule has 0 aliphatic heterocycles. The molecule has 0 radical (unpaired) electrons. The van der Waals surface area contributed by atoms with Gasteiger partial charge in [0.2, 0.25) is 0 Å². The van der Waals surface area contributed by atoms with Crippen LogP contribution in [0, 0.1) is 11.3 Å². The molecule has 1 atom stereocenters. The Labute approximate surface area is 75.2 Å². The van der Waals surface area contributed by atoms with Crippen LogP contribution in [-0.4, -0.2) is 0 Å². The Morgan fingerprint density at radius 3 is 2.73 bits per heavy atom. The molecule has 56 valence electrons. The minimum absolute atomic E-state index is 0.600. The number of hydrogen-bond donors (Lipinski definition) is 0. The SMILES string of the molecule is N#C[C@@H](Cl)c1cccc(Cl)c1. The zero-order chi connectivity index (χ0) is 8.27. The van der Waals surface area contributed by atoms with E-state index in [0.29, 0.717) is 5.02 Å². The van der Waals surface area contributed by atoms with Crippen LogP contribution in [0.5, 0.6) is 0 Å². The Morgan fingerprint density at radius 1 is 1.45 bits per heavy atom. The average Bonchev–Trinajstić information content (AvgIpc) is 2.03.